The van der Waals surface area contributed by atoms with E-state index in [-0.39, 0.29) is 12.2 Å². The van der Waals surface area contributed by atoms with E-state index < -0.39 is 5.97 Å². The minimum Gasteiger partial charge on any atom is -0.478 e. The standard InChI is InChI=1S/C14H20N2O3/c1-9-12(14(18)19)5-6-13(16-9)15-7-10-3-2-4-11(10)8-17/h5-6,10-11,17H,2-4,7-8H2,1H3,(H,15,16)(H,18,19). The highest BCUT2D eigenvalue weighted by atomic mass is 16.4. The largest absolute Gasteiger partial charge is 0.478 e. The number of pyridine rings is 1. The number of aliphatic hydroxyl groups is 1. The molecule has 3 N–H and O–H groups in total. The monoisotopic (exact) mass is 264 g/mol. The van der Waals surface area contributed by atoms with Crippen LogP contribution in [0.15, 0.2) is 12.1 Å². The van der Waals surface area contributed by atoms with Crippen molar-refractivity contribution in [3.05, 3.63) is 23.4 Å². The van der Waals surface area contributed by atoms with Crippen LogP contribution < -0.4 is 5.32 Å². The maximum Gasteiger partial charge on any atom is 0.337 e. The summed E-state index contributed by atoms with van der Waals surface area (Å²) in [7, 11) is 0. The molecule has 1 aliphatic carbocycles. The molecule has 1 heterocycles. The van der Waals surface area contributed by atoms with Crippen LogP contribution in [0.1, 0.15) is 35.3 Å². The van der Waals surface area contributed by atoms with Gasteiger partial charge in [-0.25, -0.2) is 9.78 Å². The van der Waals surface area contributed by atoms with E-state index in [0.717, 1.165) is 19.4 Å². The SMILES string of the molecule is Cc1nc(NCC2CCCC2CO)ccc1C(=O)O. The molecule has 5 heteroatoms. The first-order valence-corrected chi connectivity index (χ1v) is 6.67. The van der Waals surface area contributed by atoms with E-state index in [0.29, 0.717) is 23.3 Å². The normalized spacial score (nSPS) is 22.4. The third-order valence-electron chi connectivity index (χ3n) is 3.91. The van der Waals surface area contributed by atoms with Gasteiger partial charge in [-0.1, -0.05) is 6.42 Å². The number of carbonyl (C=O) groups is 1. The second-order valence-electron chi connectivity index (χ2n) is 5.15. The second kappa shape index (κ2) is 6.02. The van der Waals surface area contributed by atoms with Crippen molar-refractivity contribution in [3.63, 3.8) is 0 Å². The summed E-state index contributed by atoms with van der Waals surface area (Å²) >= 11 is 0. The van der Waals surface area contributed by atoms with Crippen molar-refractivity contribution in [1.29, 1.82) is 0 Å². The highest BCUT2D eigenvalue weighted by molar-refractivity contribution is 5.89. The fraction of sp³-hybridized carbons (Fsp3) is 0.571. The minimum atomic E-state index is -0.951. The number of nitrogens with one attached hydrogen (secondary N) is 1. The summed E-state index contributed by atoms with van der Waals surface area (Å²) in [6, 6.07) is 3.27. The summed E-state index contributed by atoms with van der Waals surface area (Å²) in [4.78, 5) is 15.1. The molecule has 0 bridgehead atoms. The average molecular weight is 264 g/mol. The number of aromatic nitrogens is 1. The Labute approximate surface area is 112 Å². The zero-order chi connectivity index (χ0) is 13.8. The molecule has 0 saturated heterocycles. The molecule has 0 amide bonds. The number of aliphatic hydroxyl groups excluding tert-OH is 1. The lowest BCUT2D eigenvalue weighted by atomic mass is 9.97. The fourth-order valence-electron chi connectivity index (χ4n) is 2.74. The van der Waals surface area contributed by atoms with Crippen molar-refractivity contribution in [3.8, 4) is 0 Å². The molecule has 2 atom stereocenters. The molecule has 1 aromatic rings. The molecule has 0 radical (unpaired) electrons. The van der Waals surface area contributed by atoms with Crippen LogP contribution in [-0.4, -0.2) is 34.3 Å². The Hall–Kier alpha value is -1.62. The molecule has 0 spiro atoms. The molecule has 104 valence electrons. The van der Waals surface area contributed by atoms with Gasteiger partial charge in [0.05, 0.1) is 11.3 Å². The molecule has 0 aromatic carbocycles. The number of aromatic carboxylic acids is 1. The van der Waals surface area contributed by atoms with Gasteiger partial charge in [0.15, 0.2) is 0 Å². The van der Waals surface area contributed by atoms with Gasteiger partial charge in [-0.05, 0) is 43.7 Å². The number of anilines is 1. The quantitative estimate of drug-likeness (QED) is 0.756. The van der Waals surface area contributed by atoms with Gasteiger partial charge in [0.2, 0.25) is 0 Å². The van der Waals surface area contributed by atoms with Crippen molar-refractivity contribution >= 4 is 11.8 Å². The van der Waals surface area contributed by atoms with Crippen molar-refractivity contribution in [1.82, 2.24) is 4.98 Å². The van der Waals surface area contributed by atoms with Crippen LogP contribution in [0.2, 0.25) is 0 Å². The van der Waals surface area contributed by atoms with Crippen LogP contribution in [0, 0.1) is 18.8 Å². The molecule has 1 aromatic heterocycles. The van der Waals surface area contributed by atoms with Crippen LogP contribution >= 0.6 is 0 Å². The molecule has 5 nitrogen and oxygen atoms in total. The minimum absolute atomic E-state index is 0.236. The highest BCUT2D eigenvalue weighted by Gasteiger charge is 2.26. The summed E-state index contributed by atoms with van der Waals surface area (Å²) < 4.78 is 0. The number of aryl methyl sites for hydroxylation is 1. The smallest absolute Gasteiger partial charge is 0.337 e. The lowest BCUT2D eigenvalue weighted by Crippen LogP contribution is -2.21. The van der Waals surface area contributed by atoms with E-state index in [2.05, 4.69) is 10.3 Å². The van der Waals surface area contributed by atoms with Gasteiger partial charge in [0, 0.05) is 13.2 Å². The zero-order valence-electron chi connectivity index (χ0n) is 11.1. The van der Waals surface area contributed by atoms with E-state index in [4.69, 9.17) is 5.11 Å². The first kappa shape index (κ1) is 13.8. The molecule has 0 aliphatic heterocycles. The molecular formula is C14H20N2O3. The molecule has 19 heavy (non-hydrogen) atoms. The van der Waals surface area contributed by atoms with Crippen LogP contribution in [0.4, 0.5) is 5.82 Å². The van der Waals surface area contributed by atoms with Crippen molar-refractivity contribution in [2.75, 3.05) is 18.5 Å². The van der Waals surface area contributed by atoms with Gasteiger partial charge in [-0.15, -0.1) is 0 Å². The Morgan fingerprint density at radius 1 is 1.42 bits per heavy atom. The zero-order valence-corrected chi connectivity index (χ0v) is 11.1. The maximum absolute atomic E-state index is 10.9. The van der Waals surface area contributed by atoms with Crippen LogP contribution in [0.25, 0.3) is 0 Å². The van der Waals surface area contributed by atoms with Gasteiger partial charge in [-0.3, -0.25) is 0 Å². The van der Waals surface area contributed by atoms with E-state index >= 15 is 0 Å². The van der Waals surface area contributed by atoms with Gasteiger partial charge in [0.1, 0.15) is 5.82 Å². The Bertz CT molecular complexity index is 462. The summed E-state index contributed by atoms with van der Waals surface area (Å²) in [5.74, 6) is 0.608. The van der Waals surface area contributed by atoms with Crippen molar-refractivity contribution in [2.45, 2.75) is 26.2 Å². The van der Waals surface area contributed by atoms with Crippen molar-refractivity contribution in [2.24, 2.45) is 11.8 Å². The molecule has 1 saturated carbocycles. The molecule has 2 rings (SSSR count). The summed E-state index contributed by atoms with van der Waals surface area (Å²) in [5, 5.41) is 21.4. The van der Waals surface area contributed by atoms with Crippen LogP contribution in [-0.2, 0) is 0 Å². The molecule has 1 aliphatic rings. The Morgan fingerprint density at radius 2 is 2.16 bits per heavy atom. The van der Waals surface area contributed by atoms with Crippen LogP contribution in [0.3, 0.4) is 0 Å². The Balaban J connectivity index is 1.96. The van der Waals surface area contributed by atoms with E-state index in [9.17, 15) is 9.90 Å². The average Bonchev–Trinajstić information content (AvgIpc) is 2.83. The lowest BCUT2D eigenvalue weighted by molar-refractivity contribution is 0.0695. The van der Waals surface area contributed by atoms with E-state index in [1.54, 1.807) is 19.1 Å². The van der Waals surface area contributed by atoms with Crippen LogP contribution in [0.5, 0.6) is 0 Å². The van der Waals surface area contributed by atoms with E-state index in [1.165, 1.54) is 6.42 Å². The predicted molar refractivity (Wildman–Crippen MR) is 72.3 cm³/mol. The first-order chi connectivity index (χ1) is 9.11. The summed E-state index contributed by atoms with van der Waals surface area (Å²) in [6.45, 7) is 2.72. The lowest BCUT2D eigenvalue weighted by Gasteiger charge is -2.18. The van der Waals surface area contributed by atoms with Gasteiger partial charge < -0.3 is 15.5 Å². The van der Waals surface area contributed by atoms with Gasteiger partial charge >= 0.3 is 5.97 Å². The number of rotatable bonds is 5. The van der Waals surface area contributed by atoms with Crippen molar-refractivity contribution < 1.29 is 15.0 Å². The number of carboxylic acid groups (broad SMARTS) is 1. The summed E-state index contributed by atoms with van der Waals surface area (Å²) in [6.07, 6.45) is 3.39. The maximum atomic E-state index is 10.9. The predicted octanol–water partition coefficient (Wildman–Crippen LogP) is 1.91. The van der Waals surface area contributed by atoms with Gasteiger partial charge in [-0.2, -0.15) is 0 Å². The number of hydrogen-bond donors (Lipinski definition) is 3. The number of hydrogen-bond acceptors (Lipinski definition) is 4. The van der Waals surface area contributed by atoms with Gasteiger partial charge in [0.25, 0.3) is 0 Å². The Kier molecular flexibility index (Phi) is 4.37. The third-order valence-corrected chi connectivity index (χ3v) is 3.91. The topological polar surface area (TPSA) is 82.5 Å². The first-order valence-electron chi connectivity index (χ1n) is 6.67. The highest BCUT2D eigenvalue weighted by Crippen LogP contribution is 2.31. The summed E-state index contributed by atoms with van der Waals surface area (Å²) in [5.41, 5.74) is 0.752. The number of carboxylic acids is 1. The molecule has 2 unspecified atom stereocenters. The third kappa shape index (κ3) is 3.23. The van der Waals surface area contributed by atoms with E-state index in [1.807, 2.05) is 0 Å². The molecular weight excluding hydrogens is 244 g/mol. The number of nitrogens with zero attached hydrogens (tertiary/aromatic N) is 1. The fourth-order valence-corrected chi connectivity index (χ4v) is 2.74. The Morgan fingerprint density at radius 3 is 2.79 bits per heavy atom. The molecule has 1 fully saturated rings. The second-order valence-corrected chi connectivity index (χ2v) is 5.15.